The van der Waals surface area contributed by atoms with Crippen LogP contribution in [0.1, 0.15) is 25.3 Å². The van der Waals surface area contributed by atoms with Crippen LogP contribution in [0.2, 0.25) is 5.15 Å². The number of hydrogen-bond donors (Lipinski definition) is 1. The Hall–Kier alpha value is -1.04. The minimum atomic E-state index is -4.27. The summed E-state index contributed by atoms with van der Waals surface area (Å²) in [6, 6.07) is 0. The van der Waals surface area contributed by atoms with Gasteiger partial charge in [-0.25, -0.2) is 9.97 Å². The maximum absolute atomic E-state index is 12.8. The molecule has 0 atom stereocenters. The molecule has 1 aliphatic carbocycles. The number of nitrogens with zero attached hydrogens (tertiary/aromatic N) is 2. The molecule has 1 aliphatic rings. The second-order valence-electron chi connectivity index (χ2n) is 4.05. The average Bonchev–Trinajstić information content (AvgIpc) is 2.98. The van der Waals surface area contributed by atoms with Crippen LogP contribution in [0.4, 0.5) is 19.0 Å². The van der Waals surface area contributed by atoms with E-state index in [0.29, 0.717) is 12.0 Å². The van der Waals surface area contributed by atoms with Crippen molar-refractivity contribution in [2.75, 3.05) is 5.32 Å². The highest BCUT2D eigenvalue weighted by molar-refractivity contribution is 6.30. The zero-order valence-electron chi connectivity index (χ0n) is 9.10. The molecule has 1 saturated carbocycles. The van der Waals surface area contributed by atoms with Crippen molar-refractivity contribution in [3.8, 4) is 0 Å². The summed E-state index contributed by atoms with van der Waals surface area (Å²) in [6.45, 7) is 1.79. The molecule has 0 amide bonds. The lowest BCUT2D eigenvalue weighted by atomic mass is 10.2. The van der Waals surface area contributed by atoms with Gasteiger partial charge in [-0.05, 0) is 19.3 Å². The zero-order chi connectivity index (χ0) is 12.7. The summed E-state index contributed by atoms with van der Waals surface area (Å²) in [7, 11) is 0. The molecule has 3 nitrogen and oxygen atoms in total. The van der Waals surface area contributed by atoms with E-state index in [9.17, 15) is 13.2 Å². The van der Waals surface area contributed by atoms with Gasteiger partial charge in [0.2, 0.25) is 0 Å². The quantitative estimate of drug-likeness (QED) is 0.853. The van der Waals surface area contributed by atoms with Crippen LogP contribution in [0.5, 0.6) is 0 Å². The highest BCUT2D eigenvalue weighted by Crippen LogP contribution is 2.51. The normalized spacial score (nSPS) is 17.9. The van der Waals surface area contributed by atoms with Gasteiger partial charge in [-0.2, -0.15) is 13.2 Å². The van der Waals surface area contributed by atoms with Gasteiger partial charge in [-0.1, -0.05) is 18.5 Å². The van der Waals surface area contributed by atoms with Crippen LogP contribution in [-0.4, -0.2) is 21.7 Å². The Morgan fingerprint density at radius 2 is 2.06 bits per heavy atom. The second-order valence-corrected chi connectivity index (χ2v) is 4.41. The Morgan fingerprint density at radius 1 is 1.41 bits per heavy atom. The Morgan fingerprint density at radius 3 is 2.53 bits per heavy atom. The van der Waals surface area contributed by atoms with E-state index in [-0.39, 0.29) is 23.8 Å². The molecule has 0 aliphatic heterocycles. The summed E-state index contributed by atoms with van der Waals surface area (Å²) in [6.07, 6.45) is -2.48. The molecule has 1 heterocycles. The molecule has 0 unspecified atom stereocenters. The number of aromatic nitrogens is 2. The largest absolute Gasteiger partial charge is 0.411 e. The molecule has 0 radical (unpaired) electrons. The molecule has 0 aromatic carbocycles. The van der Waals surface area contributed by atoms with Crippen molar-refractivity contribution in [2.24, 2.45) is 0 Å². The van der Waals surface area contributed by atoms with E-state index in [2.05, 4.69) is 15.3 Å². The molecule has 1 N–H and O–H groups in total. The summed E-state index contributed by atoms with van der Waals surface area (Å²) >= 11 is 5.82. The van der Waals surface area contributed by atoms with Crippen LogP contribution >= 0.6 is 11.6 Å². The predicted octanol–water partition coefficient (Wildman–Crippen LogP) is 3.20. The third-order valence-electron chi connectivity index (χ3n) is 2.90. The van der Waals surface area contributed by atoms with Crippen LogP contribution in [-0.2, 0) is 6.42 Å². The molecular formula is C10H11ClF3N3. The lowest BCUT2D eigenvalue weighted by Crippen LogP contribution is -2.39. The third kappa shape index (κ3) is 2.18. The van der Waals surface area contributed by atoms with Gasteiger partial charge in [0.15, 0.2) is 0 Å². The lowest BCUT2D eigenvalue weighted by molar-refractivity contribution is -0.151. The highest BCUT2D eigenvalue weighted by atomic mass is 35.5. The third-order valence-corrected chi connectivity index (χ3v) is 3.22. The molecule has 94 valence electrons. The van der Waals surface area contributed by atoms with E-state index < -0.39 is 11.7 Å². The van der Waals surface area contributed by atoms with Gasteiger partial charge < -0.3 is 5.32 Å². The number of rotatable bonds is 3. The minimum Gasteiger partial charge on any atom is -0.356 e. The molecule has 17 heavy (non-hydrogen) atoms. The lowest BCUT2D eigenvalue weighted by Gasteiger charge is -2.22. The topological polar surface area (TPSA) is 37.8 Å². The Labute approximate surface area is 101 Å². The number of anilines is 1. The first kappa shape index (κ1) is 12.4. The standard InChI is InChI=1S/C10H11ClF3N3/c1-2-6-7(11)15-5-16-8(6)17-9(3-4-9)10(12,13)14/h5H,2-4H2,1H3,(H,15,16,17). The van der Waals surface area contributed by atoms with Crippen LogP contribution < -0.4 is 5.32 Å². The smallest absolute Gasteiger partial charge is 0.356 e. The van der Waals surface area contributed by atoms with Gasteiger partial charge in [-0.3, -0.25) is 0 Å². The maximum atomic E-state index is 12.8. The summed E-state index contributed by atoms with van der Waals surface area (Å²) in [5, 5.41) is 2.67. The average molecular weight is 266 g/mol. The fraction of sp³-hybridized carbons (Fsp3) is 0.600. The van der Waals surface area contributed by atoms with Gasteiger partial charge in [0, 0.05) is 5.56 Å². The van der Waals surface area contributed by atoms with Crippen molar-refractivity contribution in [3.63, 3.8) is 0 Å². The predicted molar refractivity (Wildman–Crippen MR) is 58.1 cm³/mol. The molecule has 1 fully saturated rings. The van der Waals surface area contributed by atoms with E-state index in [0.717, 1.165) is 6.33 Å². The summed E-state index contributed by atoms with van der Waals surface area (Å²) < 4.78 is 38.3. The van der Waals surface area contributed by atoms with E-state index >= 15 is 0 Å². The molecule has 0 bridgehead atoms. The Balaban J connectivity index is 2.28. The molecule has 2 rings (SSSR count). The van der Waals surface area contributed by atoms with Gasteiger partial charge in [0.25, 0.3) is 0 Å². The van der Waals surface area contributed by atoms with Gasteiger partial charge >= 0.3 is 6.18 Å². The van der Waals surface area contributed by atoms with Crippen molar-refractivity contribution in [1.82, 2.24) is 9.97 Å². The summed E-state index contributed by atoms with van der Waals surface area (Å²) in [4.78, 5) is 7.60. The van der Waals surface area contributed by atoms with Crippen LogP contribution in [0.25, 0.3) is 0 Å². The number of alkyl halides is 3. The summed E-state index contributed by atoms with van der Waals surface area (Å²) in [5.74, 6) is 0.183. The van der Waals surface area contributed by atoms with E-state index in [1.54, 1.807) is 6.92 Å². The molecule has 1 aromatic rings. The van der Waals surface area contributed by atoms with Crippen molar-refractivity contribution < 1.29 is 13.2 Å². The van der Waals surface area contributed by atoms with Crippen molar-refractivity contribution in [1.29, 1.82) is 0 Å². The van der Waals surface area contributed by atoms with Gasteiger partial charge in [-0.15, -0.1) is 0 Å². The minimum absolute atomic E-state index is 0.0707. The van der Waals surface area contributed by atoms with Crippen LogP contribution in [0.3, 0.4) is 0 Å². The Bertz CT molecular complexity index is 429. The number of nitrogens with one attached hydrogen (secondary N) is 1. The second kappa shape index (κ2) is 4.01. The molecular weight excluding hydrogens is 255 g/mol. The van der Waals surface area contributed by atoms with Crippen LogP contribution in [0, 0.1) is 0 Å². The maximum Gasteiger partial charge on any atom is 0.411 e. The fourth-order valence-electron chi connectivity index (χ4n) is 1.64. The molecule has 1 aromatic heterocycles. The first-order valence-corrected chi connectivity index (χ1v) is 5.62. The first-order valence-electron chi connectivity index (χ1n) is 5.24. The van der Waals surface area contributed by atoms with Gasteiger partial charge in [0.05, 0.1) is 0 Å². The molecule has 0 saturated heterocycles. The monoisotopic (exact) mass is 265 g/mol. The Kier molecular flexibility index (Phi) is 2.93. The van der Waals surface area contributed by atoms with E-state index in [4.69, 9.17) is 11.6 Å². The van der Waals surface area contributed by atoms with E-state index in [1.165, 1.54) is 0 Å². The zero-order valence-corrected chi connectivity index (χ0v) is 9.86. The van der Waals surface area contributed by atoms with Gasteiger partial charge in [0.1, 0.15) is 22.8 Å². The van der Waals surface area contributed by atoms with Crippen molar-refractivity contribution in [3.05, 3.63) is 17.0 Å². The highest BCUT2D eigenvalue weighted by Gasteiger charge is 2.63. The number of hydrogen-bond acceptors (Lipinski definition) is 3. The van der Waals surface area contributed by atoms with Crippen LogP contribution in [0.15, 0.2) is 6.33 Å². The van der Waals surface area contributed by atoms with Crippen molar-refractivity contribution in [2.45, 2.75) is 37.9 Å². The first-order chi connectivity index (χ1) is 7.89. The van der Waals surface area contributed by atoms with E-state index in [1.807, 2.05) is 0 Å². The number of halogens is 4. The summed E-state index contributed by atoms with van der Waals surface area (Å²) in [5.41, 5.74) is -1.31. The molecule has 7 heteroatoms. The SMILES string of the molecule is CCc1c(Cl)ncnc1NC1(C(F)(F)F)CC1. The molecule has 0 spiro atoms. The van der Waals surface area contributed by atoms with Crippen molar-refractivity contribution >= 4 is 17.4 Å². The fourth-order valence-corrected chi connectivity index (χ4v) is 1.91.